The predicted octanol–water partition coefficient (Wildman–Crippen LogP) is 3.67. The van der Waals surface area contributed by atoms with Crippen molar-refractivity contribution in [3.8, 4) is 0 Å². The van der Waals surface area contributed by atoms with Crippen LogP contribution in [0.4, 0.5) is 0 Å². The van der Waals surface area contributed by atoms with Crippen molar-refractivity contribution < 1.29 is 13.0 Å². The molecule has 0 saturated carbocycles. The molecule has 0 saturated heterocycles. The molecule has 0 unspecified atom stereocenters. The van der Waals surface area contributed by atoms with Crippen LogP contribution in [-0.4, -0.2) is 0 Å². The number of halogens is 3. The molecule has 0 bridgehead atoms. The maximum atomic E-state index is 4.94. The zero-order chi connectivity index (χ0) is 7.58. The van der Waals surface area contributed by atoms with Gasteiger partial charge >= 0.3 is 42.1 Å². The summed E-state index contributed by atoms with van der Waals surface area (Å²) in [6, 6.07) is 0. The van der Waals surface area contributed by atoms with Crippen LogP contribution in [0.2, 0.25) is 0 Å². The molecule has 0 radical (unpaired) electrons. The van der Waals surface area contributed by atoms with Crippen molar-refractivity contribution in [2.24, 2.45) is 0 Å². The summed E-state index contributed by atoms with van der Waals surface area (Å²) in [5.41, 5.74) is 0. The van der Waals surface area contributed by atoms with Gasteiger partial charge in [0.25, 0.3) is 0 Å². The van der Waals surface area contributed by atoms with Crippen molar-refractivity contribution in [2.45, 2.75) is 0 Å². The normalized spacial score (nSPS) is 6.62. The van der Waals surface area contributed by atoms with Crippen LogP contribution in [-0.2, 0) is 13.0 Å². The molecule has 0 aromatic rings. The van der Waals surface area contributed by atoms with E-state index in [1.54, 1.807) is 0 Å². The molecule has 0 N–H and O–H groups in total. The second-order valence-corrected chi connectivity index (χ2v) is 7.61. The number of hydrogen-bond acceptors (Lipinski definition) is 0. The van der Waals surface area contributed by atoms with Crippen LogP contribution in [0.25, 0.3) is 0 Å². The number of hydrogen-bond donors (Lipinski definition) is 0. The van der Waals surface area contributed by atoms with Gasteiger partial charge in [-0.1, -0.05) is 0 Å². The molecule has 0 spiro atoms. The molecule has 0 aromatic heterocycles. The first kappa shape index (κ1) is 16.0. The van der Waals surface area contributed by atoms with Gasteiger partial charge in [0.2, 0.25) is 0 Å². The zero-order valence-electron chi connectivity index (χ0n) is 4.30. The molecule has 0 amide bonds. The Balaban J connectivity index is -0.0000000542. The van der Waals surface area contributed by atoms with Crippen LogP contribution >= 0.6 is 29.1 Å². The van der Waals surface area contributed by atoms with E-state index >= 15 is 0 Å². The van der Waals surface area contributed by atoms with E-state index in [1.165, 1.54) is 0 Å². The standard InChI is InChI=1S/2C2H4.3ClH.Rh/c2*1-2;;;;/h2*1-2H2;3*1H;/q;;;;;+3/p-3. The molecule has 0 aliphatic rings. The summed E-state index contributed by atoms with van der Waals surface area (Å²) in [6.45, 7) is 12.0. The van der Waals surface area contributed by atoms with Crippen molar-refractivity contribution in [2.75, 3.05) is 0 Å². The molecule has 0 nitrogen and oxygen atoms in total. The topological polar surface area (TPSA) is 0 Å². The average molecular weight is 265 g/mol. The Kier molecular flexibility index (Phi) is 49.1. The summed E-state index contributed by atoms with van der Waals surface area (Å²) in [5.74, 6) is 0. The fourth-order valence-electron chi connectivity index (χ4n) is 0. The summed E-state index contributed by atoms with van der Waals surface area (Å²) >= 11 is -1.66. The van der Waals surface area contributed by atoms with Gasteiger partial charge in [-0.3, -0.25) is 0 Å². The Hall–Kier alpha value is 0.973. The average Bonchev–Trinajstić information content (AvgIpc) is 1.75. The van der Waals surface area contributed by atoms with E-state index in [2.05, 4.69) is 26.3 Å². The summed E-state index contributed by atoms with van der Waals surface area (Å²) in [4.78, 5) is 0. The second kappa shape index (κ2) is 24.6. The molecular formula is C4H8Cl3Rh. The van der Waals surface area contributed by atoms with Crippen molar-refractivity contribution in [3.63, 3.8) is 0 Å². The van der Waals surface area contributed by atoms with Crippen LogP contribution in [0.1, 0.15) is 0 Å². The summed E-state index contributed by atoms with van der Waals surface area (Å²) < 4.78 is 0. The molecule has 0 aliphatic carbocycles. The third-order valence-corrected chi connectivity index (χ3v) is 0. The first-order chi connectivity index (χ1) is 3.73. The van der Waals surface area contributed by atoms with E-state index in [9.17, 15) is 0 Å². The minimum atomic E-state index is -1.66. The van der Waals surface area contributed by atoms with Gasteiger partial charge in [0.1, 0.15) is 0 Å². The van der Waals surface area contributed by atoms with Gasteiger partial charge in [-0.15, -0.1) is 26.3 Å². The van der Waals surface area contributed by atoms with Crippen molar-refractivity contribution in [1.82, 2.24) is 0 Å². The summed E-state index contributed by atoms with van der Waals surface area (Å²) in [5, 5.41) is 0. The van der Waals surface area contributed by atoms with E-state index in [-0.39, 0.29) is 0 Å². The van der Waals surface area contributed by atoms with E-state index in [4.69, 9.17) is 29.1 Å². The van der Waals surface area contributed by atoms with E-state index in [0.29, 0.717) is 0 Å². The predicted molar refractivity (Wildman–Crippen MR) is 40.1 cm³/mol. The van der Waals surface area contributed by atoms with Gasteiger partial charge in [0.05, 0.1) is 0 Å². The molecule has 0 heterocycles. The summed E-state index contributed by atoms with van der Waals surface area (Å²) in [7, 11) is 14.8. The Bertz CT molecular complexity index is 27.7. The first-order valence-electron chi connectivity index (χ1n) is 1.38. The molecular weight excluding hydrogens is 257 g/mol. The second-order valence-electron chi connectivity index (χ2n) is 0.143. The van der Waals surface area contributed by atoms with Crippen molar-refractivity contribution in [3.05, 3.63) is 26.3 Å². The third kappa shape index (κ3) is 263. The van der Waals surface area contributed by atoms with Gasteiger partial charge in [-0.2, -0.15) is 0 Å². The maximum absolute atomic E-state index is 4.94. The van der Waals surface area contributed by atoms with Crippen molar-refractivity contribution >= 4 is 29.1 Å². The van der Waals surface area contributed by atoms with Crippen LogP contribution in [0.3, 0.4) is 0 Å². The van der Waals surface area contributed by atoms with Crippen molar-refractivity contribution in [1.29, 1.82) is 0 Å². The van der Waals surface area contributed by atoms with Gasteiger partial charge < -0.3 is 0 Å². The van der Waals surface area contributed by atoms with Gasteiger partial charge in [0, 0.05) is 0 Å². The summed E-state index contributed by atoms with van der Waals surface area (Å²) in [6.07, 6.45) is 0. The minimum absolute atomic E-state index is 1.66. The fourth-order valence-corrected chi connectivity index (χ4v) is 0. The monoisotopic (exact) mass is 264 g/mol. The van der Waals surface area contributed by atoms with Gasteiger partial charge in [-0.25, -0.2) is 0 Å². The van der Waals surface area contributed by atoms with Crippen LogP contribution in [0.15, 0.2) is 26.3 Å². The molecule has 0 aliphatic heterocycles. The molecule has 4 heteroatoms. The Morgan fingerprint density at radius 1 is 0.750 bits per heavy atom. The number of rotatable bonds is 0. The third-order valence-electron chi connectivity index (χ3n) is 0. The molecule has 0 atom stereocenters. The van der Waals surface area contributed by atoms with Crippen LogP contribution < -0.4 is 0 Å². The zero-order valence-corrected chi connectivity index (χ0v) is 8.20. The van der Waals surface area contributed by atoms with Gasteiger partial charge in [-0.05, 0) is 0 Å². The SMILES string of the molecule is C=C.C=C.[Cl][Rh]([Cl])[Cl]. The van der Waals surface area contributed by atoms with E-state index in [0.717, 1.165) is 0 Å². The molecule has 0 fully saturated rings. The van der Waals surface area contributed by atoms with Gasteiger partial charge in [0.15, 0.2) is 0 Å². The Labute approximate surface area is 68.2 Å². The Morgan fingerprint density at radius 3 is 0.750 bits per heavy atom. The Morgan fingerprint density at radius 2 is 0.750 bits per heavy atom. The first-order valence-corrected chi connectivity index (χ1v) is 7.71. The van der Waals surface area contributed by atoms with E-state index < -0.39 is 13.0 Å². The molecule has 54 valence electrons. The van der Waals surface area contributed by atoms with Crippen LogP contribution in [0.5, 0.6) is 0 Å². The fraction of sp³-hybridized carbons (Fsp3) is 0. The molecule has 8 heavy (non-hydrogen) atoms. The van der Waals surface area contributed by atoms with E-state index in [1.807, 2.05) is 0 Å². The van der Waals surface area contributed by atoms with Crippen LogP contribution in [0, 0.1) is 0 Å². The molecule has 0 rings (SSSR count). The quantitative estimate of drug-likeness (QED) is 0.463. The molecule has 0 aromatic carbocycles.